The number of hydrogen-bond donors (Lipinski definition) is 0. The lowest BCUT2D eigenvalue weighted by molar-refractivity contribution is -0.384. The molecule has 2 heterocycles. The average Bonchev–Trinajstić information content (AvgIpc) is 3.06. The number of nitrogens with zero attached hydrogens (tertiary/aromatic N) is 3. The van der Waals surface area contributed by atoms with Gasteiger partial charge in [0, 0.05) is 56.5 Å². The maximum atomic E-state index is 12.8. The van der Waals surface area contributed by atoms with Gasteiger partial charge in [0.15, 0.2) is 0 Å². The van der Waals surface area contributed by atoms with Crippen molar-refractivity contribution in [1.29, 1.82) is 0 Å². The predicted molar refractivity (Wildman–Crippen MR) is 122 cm³/mol. The second kappa shape index (κ2) is 8.18. The summed E-state index contributed by atoms with van der Waals surface area (Å²) < 4.78 is 5.91. The highest BCUT2D eigenvalue weighted by atomic mass is 16.6. The largest absolute Gasteiger partial charge is 0.461 e. The minimum absolute atomic E-state index is 0.0236. The van der Waals surface area contributed by atoms with E-state index in [4.69, 9.17) is 4.74 Å². The highest BCUT2D eigenvalue weighted by Crippen LogP contribution is 2.54. The fraction of sp³-hybridized carbons (Fsp3) is 0.640. The summed E-state index contributed by atoms with van der Waals surface area (Å²) in [5.41, 5.74) is 2.89. The SMILES string of the molecule is CC1CCCC2(C)CC3OC(=O)C(CN4CCN(c5ccc([N+](=O)[O-])cc5)CC4)C3C=C12. The normalized spacial score (nSPS) is 35.0. The quantitative estimate of drug-likeness (QED) is 0.305. The van der Waals surface area contributed by atoms with Crippen LogP contribution in [0.4, 0.5) is 11.4 Å². The van der Waals surface area contributed by atoms with Crippen LogP contribution in [-0.4, -0.2) is 54.6 Å². The molecule has 2 aliphatic carbocycles. The molecule has 32 heavy (non-hydrogen) atoms. The Hall–Kier alpha value is -2.41. The maximum absolute atomic E-state index is 12.8. The molecule has 1 saturated carbocycles. The third kappa shape index (κ3) is 3.81. The van der Waals surface area contributed by atoms with Crippen LogP contribution in [0.5, 0.6) is 0 Å². The summed E-state index contributed by atoms with van der Waals surface area (Å²) >= 11 is 0. The third-order valence-corrected chi connectivity index (χ3v) is 8.33. The van der Waals surface area contributed by atoms with Crippen LogP contribution in [0.25, 0.3) is 0 Å². The molecule has 1 aromatic carbocycles. The van der Waals surface area contributed by atoms with Crippen molar-refractivity contribution >= 4 is 17.3 Å². The summed E-state index contributed by atoms with van der Waals surface area (Å²) in [7, 11) is 0. The molecule has 4 aliphatic rings. The third-order valence-electron chi connectivity index (χ3n) is 8.33. The molecule has 7 nitrogen and oxygen atoms in total. The molecule has 3 fully saturated rings. The van der Waals surface area contributed by atoms with E-state index in [-0.39, 0.29) is 39.9 Å². The number of nitro groups is 1. The molecule has 0 spiro atoms. The lowest BCUT2D eigenvalue weighted by Gasteiger charge is -2.46. The van der Waals surface area contributed by atoms with Gasteiger partial charge >= 0.3 is 5.97 Å². The van der Waals surface area contributed by atoms with Gasteiger partial charge in [-0.1, -0.05) is 31.9 Å². The zero-order valence-corrected chi connectivity index (χ0v) is 19.0. The molecule has 0 bridgehead atoms. The molecule has 0 radical (unpaired) electrons. The zero-order chi connectivity index (χ0) is 22.5. The number of hydrogen-bond acceptors (Lipinski definition) is 6. The number of carbonyl (C=O) groups excluding carboxylic acids is 1. The Bertz CT molecular complexity index is 922. The summed E-state index contributed by atoms with van der Waals surface area (Å²) in [6, 6.07) is 6.77. The lowest BCUT2D eigenvalue weighted by atomic mass is 9.59. The number of nitro benzene ring substituents is 1. The van der Waals surface area contributed by atoms with Crippen molar-refractivity contribution in [1.82, 2.24) is 4.90 Å². The molecular weight excluding hydrogens is 406 g/mol. The number of non-ortho nitro benzene ring substituents is 1. The molecule has 1 aromatic rings. The van der Waals surface area contributed by atoms with E-state index in [9.17, 15) is 14.9 Å². The van der Waals surface area contributed by atoms with Crippen LogP contribution in [0, 0.1) is 33.3 Å². The Kier molecular flexibility index (Phi) is 5.48. The van der Waals surface area contributed by atoms with Gasteiger partial charge in [-0.15, -0.1) is 0 Å². The number of piperazine rings is 1. The molecule has 0 N–H and O–H groups in total. The van der Waals surface area contributed by atoms with Crippen LogP contribution in [0.3, 0.4) is 0 Å². The number of fused-ring (bicyclic) bond motifs is 2. The summed E-state index contributed by atoms with van der Waals surface area (Å²) in [6.07, 6.45) is 7.17. The van der Waals surface area contributed by atoms with Crippen molar-refractivity contribution in [2.75, 3.05) is 37.6 Å². The fourth-order valence-corrected chi connectivity index (χ4v) is 6.51. The van der Waals surface area contributed by atoms with E-state index in [2.05, 4.69) is 29.7 Å². The number of anilines is 1. The second-order valence-electron chi connectivity index (χ2n) is 10.4. The number of benzene rings is 1. The van der Waals surface area contributed by atoms with Gasteiger partial charge in [-0.2, -0.15) is 0 Å². The van der Waals surface area contributed by atoms with Crippen LogP contribution < -0.4 is 4.90 Å². The monoisotopic (exact) mass is 439 g/mol. The molecule has 5 atom stereocenters. The standard InChI is InChI=1S/C25H33N3O4/c1-17-4-3-9-25(2)15-23-20(14-22(17)25)21(24(29)32-23)16-26-10-12-27(13-11-26)18-5-7-19(8-6-18)28(30)31/h5-8,14,17,20-21,23H,3-4,9-13,15-16H2,1-2H3. The van der Waals surface area contributed by atoms with Crippen molar-refractivity contribution in [2.24, 2.45) is 23.2 Å². The predicted octanol–water partition coefficient (Wildman–Crippen LogP) is 4.03. The van der Waals surface area contributed by atoms with Gasteiger partial charge in [0.05, 0.1) is 10.8 Å². The van der Waals surface area contributed by atoms with Crippen molar-refractivity contribution in [2.45, 2.75) is 45.6 Å². The Morgan fingerprint density at radius 3 is 2.59 bits per heavy atom. The average molecular weight is 440 g/mol. The Balaban J connectivity index is 1.23. The topological polar surface area (TPSA) is 75.9 Å². The van der Waals surface area contributed by atoms with Gasteiger partial charge in [0.1, 0.15) is 6.10 Å². The molecule has 5 rings (SSSR count). The molecule has 0 aromatic heterocycles. The van der Waals surface area contributed by atoms with Crippen molar-refractivity contribution < 1.29 is 14.5 Å². The second-order valence-corrected chi connectivity index (χ2v) is 10.4. The van der Waals surface area contributed by atoms with E-state index < -0.39 is 0 Å². The first-order chi connectivity index (χ1) is 15.3. The number of rotatable bonds is 4. The Labute approximate surface area is 189 Å². The summed E-state index contributed by atoms with van der Waals surface area (Å²) in [4.78, 5) is 28.0. The Morgan fingerprint density at radius 1 is 1.19 bits per heavy atom. The van der Waals surface area contributed by atoms with Gasteiger partial charge in [-0.05, 0) is 42.7 Å². The zero-order valence-electron chi connectivity index (χ0n) is 19.0. The van der Waals surface area contributed by atoms with Gasteiger partial charge in [-0.3, -0.25) is 19.8 Å². The van der Waals surface area contributed by atoms with E-state index in [1.165, 1.54) is 19.3 Å². The van der Waals surface area contributed by atoms with E-state index in [0.717, 1.165) is 44.8 Å². The molecule has 172 valence electrons. The van der Waals surface area contributed by atoms with Gasteiger partial charge < -0.3 is 9.64 Å². The minimum atomic E-state index is -0.368. The first-order valence-electron chi connectivity index (χ1n) is 12.0. The number of carbonyl (C=O) groups is 1. The van der Waals surface area contributed by atoms with Gasteiger partial charge in [0.2, 0.25) is 0 Å². The summed E-state index contributed by atoms with van der Waals surface area (Å²) in [5.74, 6) is 0.719. The number of ether oxygens (including phenoxy) is 1. The molecule has 2 aliphatic heterocycles. The molecule has 5 unspecified atom stereocenters. The van der Waals surface area contributed by atoms with Crippen molar-refractivity contribution in [3.05, 3.63) is 46.0 Å². The van der Waals surface area contributed by atoms with Crippen LogP contribution in [0.2, 0.25) is 0 Å². The van der Waals surface area contributed by atoms with Crippen molar-refractivity contribution in [3.63, 3.8) is 0 Å². The highest BCUT2D eigenvalue weighted by molar-refractivity contribution is 5.76. The number of esters is 1. The van der Waals surface area contributed by atoms with E-state index in [0.29, 0.717) is 5.92 Å². The smallest absolute Gasteiger partial charge is 0.311 e. The van der Waals surface area contributed by atoms with Gasteiger partial charge in [-0.25, -0.2) is 0 Å². The van der Waals surface area contributed by atoms with Crippen LogP contribution in [0.15, 0.2) is 35.9 Å². The first kappa shape index (κ1) is 21.4. The van der Waals surface area contributed by atoms with E-state index in [1.54, 1.807) is 17.7 Å². The molecule has 2 saturated heterocycles. The molecular formula is C25H33N3O4. The van der Waals surface area contributed by atoms with Gasteiger partial charge in [0.25, 0.3) is 5.69 Å². The van der Waals surface area contributed by atoms with E-state index in [1.807, 2.05) is 12.1 Å². The summed E-state index contributed by atoms with van der Waals surface area (Å²) in [6.45, 7) is 8.92. The minimum Gasteiger partial charge on any atom is -0.461 e. The van der Waals surface area contributed by atoms with Crippen molar-refractivity contribution in [3.8, 4) is 0 Å². The number of allylic oxidation sites excluding steroid dienone is 1. The van der Waals surface area contributed by atoms with Crippen LogP contribution in [0.1, 0.15) is 39.5 Å². The van der Waals surface area contributed by atoms with Crippen LogP contribution >= 0.6 is 0 Å². The van der Waals surface area contributed by atoms with E-state index >= 15 is 0 Å². The lowest BCUT2D eigenvalue weighted by Crippen LogP contribution is -2.49. The molecule has 7 heteroatoms. The first-order valence-corrected chi connectivity index (χ1v) is 12.0. The summed E-state index contributed by atoms with van der Waals surface area (Å²) in [5, 5.41) is 10.9. The Morgan fingerprint density at radius 2 is 1.91 bits per heavy atom. The maximum Gasteiger partial charge on any atom is 0.311 e. The van der Waals surface area contributed by atoms with Crippen LogP contribution in [-0.2, 0) is 9.53 Å². The molecule has 0 amide bonds. The fourth-order valence-electron chi connectivity index (χ4n) is 6.51. The highest BCUT2D eigenvalue weighted by Gasteiger charge is 2.52.